The molecule has 0 fully saturated rings. The normalized spacial score (nSPS) is 12.9. The zero-order valence-electron chi connectivity index (χ0n) is 17.8. The topological polar surface area (TPSA) is 105 Å². The predicted octanol–water partition coefficient (Wildman–Crippen LogP) is 4.29. The molecule has 3 N–H and O–H groups in total. The first-order valence-corrected chi connectivity index (χ1v) is 10.4. The van der Waals surface area contributed by atoms with E-state index in [1.165, 1.54) is 0 Å². The van der Waals surface area contributed by atoms with Gasteiger partial charge >= 0.3 is 12.1 Å². The van der Waals surface area contributed by atoms with E-state index in [1.54, 1.807) is 0 Å². The molecule has 0 aliphatic heterocycles. The molecular formula is C25H20F2N2O5. The molecule has 0 aromatic heterocycles. The average Bonchev–Trinajstić information content (AvgIpc) is 3.12. The van der Waals surface area contributed by atoms with Gasteiger partial charge in [0.15, 0.2) is 0 Å². The van der Waals surface area contributed by atoms with Gasteiger partial charge in [0, 0.05) is 12.0 Å². The Balaban J connectivity index is 1.43. The highest BCUT2D eigenvalue weighted by Crippen LogP contribution is 2.44. The summed E-state index contributed by atoms with van der Waals surface area (Å²) in [6.07, 6.45) is -1.76. The Morgan fingerprint density at radius 1 is 0.941 bits per heavy atom. The minimum absolute atomic E-state index is 0.0339. The SMILES string of the molecule is O=C(O)CC(NC(=O)OCC1c2ccccc2-c2ccccc21)C(=O)Nc1ccc(F)cc1F. The van der Waals surface area contributed by atoms with Gasteiger partial charge < -0.3 is 20.5 Å². The Bertz CT molecular complexity index is 1220. The fourth-order valence-corrected chi connectivity index (χ4v) is 3.98. The van der Waals surface area contributed by atoms with Gasteiger partial charge in [-0.15, -0.1) is 0 Å². The second-order valence-corrected chi connectivity index (χ2v) is 7.73. The van der Waals surface area contributed by atoms with Crippen LogP contribution in [0.2, 0.25) is 0 Å². The number of ether oxygens (including phenoxy) is 1. The van der Waals surface area contributed by atoms with Crippen molar-refractivity contribution in [3.8, 4) is 11.1 Å². The van der Waals surface area contributed by atoms with Crippen LogP contribution in [0.3, 0.4) is 0 Å². The van der Waals surface area contributed by atoms with Crippen LogP contribution in [0.25, 0.3) is 11.1 Å². The molecule has 3 aromatic carbocycles. The number of fused-ring (bicyclic) bond motifs is 3. The molecule has 0 saturated heterocycles. The zero-order valence-corrected chi connectivity index (χ0v) is 17.8. The number of hydrogen-bond acceptors (Lipinski definition) is 4. The fourth-order valence-electron chi connectivity index (χ4n) is 3.98. The number of rotatable bonds is 7. The Hall–Kier alpha value is -4.27. The number of nitrogens with one attached hydrogen (secondary N) is 2. The minimum Gasteiger partial charge on any atom is -0.481 e. The monoisotopic (exact) mass is 466 g/mol. The van der Waals surface area contributed by atoms with Gasteiger partial charge in [-0.1, -0.05) is 48.5 Å². The molecule has 9 heteroatoms. The molecule has 4 rings (SSSR count). The number of alkyl carbamates (subject to hydrolysis) is 1. The summed E-state index contributed by atoms with van der Waals surface area (Å²) in [6.45, 7) is -0.0339. The number of halogens is 2. The first-order valence-electron chi connectivity index (χ1n) is 10.4. The third-order valence-corrected chi connectivity index (χ3v) is 5.52. The van der Waals surface area contributed by atoms with E-state index in [4.69, 9.17) is 9.84 Å². The van der Waals surface area contributed by atoms with Gasteiger partial charge in [-0.25, -0.2) is 13.6 Å². The summed E-state index contributed by atoms with van der Waals surface area (Å²) >= 11 is 0. The van der Waals surface area contributed by atoms with Crippen molar-refractivity contribution in [1.29, 1.82) is 0 Å². The molecule has 0 radical (unpaired) electrons. The summed E-state index contributed by atoms with van der Waals surface area (Å²) in [7, 11) is 0. The Kier molecular flexibility index (Phi) is 6.53. The lowest BCUT2D eigenvalue weighted by atomic mass is 9.98. The highest BCUT2D eigenvalue weighted by molar-refractivity contribution is 5.98. The summed E-state index contributed by atoms with van der Waals surface area (Å²) in [5, 5.41) is 13.5. The second-order valence-electron chi connectivity index (χ2n) is 7.73. The molecular weight excluding hydrogens is 446 g/mol. The van der Waals surface area contributed by atoms with Crippen molar-refractivity contribution in [2.24, 2.45) is 0 Å². The number of hydrogen-bond donors (Lipinski definition) is 3. The van der Waals surface area contributed by atoms with E-state index in [2.05, 4.69) is 10.6 Å². The summed E-state index contributed by atoms with van der Waals surface area (Å²) < 4.78 is 32.3. The molecule has 7 nitrogen and oxygen atoms in total. The second kappa shape index (κ2) is 9.70. The number of carboxylic acids is 1. The quantitative estimate of drug-likeness (QED) is 0.482. The van der Waals surface area contributed by atoms with Crippen LogP contribution in [0.1, 0.15) is 23.5 Å². The third-order valence-electron chi connectivity index (χ3n) is 5.52. The predicted molar refractivity (Wildman–Crippen MR) is 119 cm³/mol. The van der Waals surface area contributed by atoms with Crippen molar-refractivity contribution in [3.63, 3.8) is 0 Å². The van der Waals surface area contributed by atoms with Gasteiger partial charge in [-0.2, -0.15) is 0 Å². The van der Waals surface area contributed by atoms with Crippen LogP contribution in [-0.2, 0) is 14.3 Å². The molecule has 1 unspecified atom stereocenters. The van der Waals surface area contributed by atoms with Crippen molar-refractivity contribution in [2.75, 3.05) is 11.9 Å². The van der Waals surface area contributed by atoms with Crippen molar-refractivity contribution >= 4 is 23.7 Å². The summed E-state index contributed by atoms with van der Waals surface area (Å²) in [5.41, 5.74) is 3.70. The average molecular weight is 466 g/mol. The van der Waals surface area contributed by atoms with E-state index in [1.807, 2.05) is 48.5 Å². The Morgan fingerprint density at radius 2 is 1.56 bits per heavy atom. The number of carbonyl (C=O) groups excluding carboxylic acids is 2. The number of aliphatic carboxylic acids is 1. The Morgan fingerprint density at radius 3 is 2.15 bits per heavy atom. The molecule has 2 amide bonds. The van der Waals surface area contributed by atoms with Crippen LogP contribution in [0.4, 0.5) is 19.3 Å². The molecule has 174 valence electrons. The molecule has 1 aliphatic carbocycles. The lowest BCUT2D eigenvalue weighted by molar-refractivity contribution is -0.139. The van der Waals surface area contributed by atoms with Crippen molar-refractivity contribution in [2.45, 2.75) is 18.4 Å². The standard InChI is InChI=1S/C25H20F2N2O5/c26-14-9-10-21(20(27)11-14)28-24(32)22(12-23(30)31)29-25(33)34-13-19-17-7-3-1-5-15(17)16-6-2-4-8-18(16)19/h1-11,19,22H,12-13H2,(H,28,32)(H,29,33)(H,30,31). The highest BCUT2D eigenvalue weighted by atomic mass is 19.1. The number of anilines is 1. The van der Waals surface area contributed by atoms with E-state index >= 15 is 0 Å². The van der Waals surface area contributed by atoms with Gasteiger partial charge in [-0.05, 0) is 34.4 Å². The van der Waals surface area contributed by atoms with Crippen LogP contribution in [0.15, 0.2) is 66.7 Å². The third kappa shape index (κ3) is 4.88. The largest absolute Gasteiger partial charge is 0.481 e. The van der Waals surface area contributed by atoms with Gasteiger partial charge in [0.2, 0.25) is 5.91 Å². The molecule has 1 aliphatic rings. The van der Waals surface area contributed by atoms with E-state index in [0.717, 1.165) is 34.4 Å². The van der Waals surface area contributed by atoms with Gasteiger partial charge in [0.05, 0.1) is 12.1 Å². The molecule has 1 atom stereocenters. The van der Waals surface area contributed by atoms with E-state index in [9.17, 15) is 23.2 Å². The van der Waals surface area contributed by atoms with Crippen LogP contribution >= 0.6 is 0 Å². The maximum atomic E-state index is 13.9. The van der Waals surface area contributed by atoms with Crippen LogP contribution < -0.4 is 10.6 Å². The number of carbonyl (C=O) groups is 3. The van der Waals surface area contributed by atoms with Crippen LogP contribution in [-0.4, -0.2) is 35.7 Å². The van der Waals surface area contributed by atoms with Gasteiger partial charge in [0.25, 0.3) is 0 Å². The summed E-state index contributed by atoms with van der Waals surface area (Å²) in [4.78, 5) is 36.2. The van der Waals surface area contributed by atoms with Crippen molar-refractivity contribution < 1.29 is 33.0 Å². The first-order chi connectivity index (χ1) is 16.3. The van der Waals surface area contributed by atoms with Crippen LogP contribution in [0, 0.1) is 11.6 Å². The van der Waals surface area contributed by atoms with Gasteiger partial charge in [0.1, 0.15) is 24.3 Å². The molecule has 34 heavy (non-hydrogen) atoms. The van der Waals surface area contributed by atoms with E-state index in [0.29, 0.717) is 6.07 Å². The summed E-state index contributed by atoms with van der Waals surface area (Å²) in [5.74, 6) is -4.45. The van der Waals surface area contributed by atoms with Gasteiger partial charge in [-0.3, -0.25) is 9.59 Å². The van der Waals surface area contributed by atoms with Crippen molar-refractivity contribution in [3.05, 3.63) is 89.5 Å². The van der Waals surface area contributed by atoms with Crippen molar-refractivity contribution in [1.82, 2.24) is 5.32 Å². The molecule has 3 aromatic rings. The molecule has 0 heterocycles. The number of amides is 2. The van der Waals surface area contributed by atoms with Crippen LogP contribution in [0.5, 0.6) is 0 Å². The molecule has 0 bridgehead atoms. The highest BCUT2D eigenvalue weighted by Gasteiger charge is 2.30. The smallest absolute Gasteiger partial charge is 0.407 e. The molecule has 0 spiro atoms. The maximum Gasteiger partial charge on any atom is 0.407 e. The van der Waals surface area contributed by atoms with E-state index in [-0.39, 0.29) is 18.2 Å². The number of benzene rings is 3. The first kappa shape index (κ1) is 22.9. The lowest BCUT2D eigenvalue weighted by Gasteiger charge is -2.19. The van der Waals surface area contributed by atoms with E-state index < -0.39 is 42.1 Å². The lowest BCUT2D eigenvalue weighted by Crippen LogP contribution is -2.45. The fraction of sp³-hybridized carbons (Fsp3) is 0.160. The zero-order chi connectivity index (χ0) is 24.2. The molecule has 0 saturated carbocycles. The number of carboxylic acid groups (broad SMARTS) is 1. The summed E-state index contributed by atoms with van der Waals surface area (Å²) in [6, 6.07) is 16.4. The maximum absolute atomic E-state index is 13.9. The minimum atomic E-state index is -1.54. The Labute approximate surface area is 193 Å².